The maximum atomic E-state index is 6.09. The van der Waals surface area contributed by atoms with E-state index in [9.17, 15) is 0 Å². The largest absolute Gasteiger partial charge is 0.382 e. The van der Waals surface area contributed by atoms with Crippen LogP contribution in [-0.4, -0.2) is 10.2 Å². The molecule has 0 radical (unpaired) electrons. The molecule has 0 atom stereocenters. The fourth-order valence-corrected chi connectivity index (χ4v) is 2.57. The van der Waals surface area contributed by atoms with Crippen LogP contribution in [0.25, 0.3) is 22.4 Å². The second-order valence-electron chi connectivity index (χ2n) is 5.54. The molecule has 0 amide bonds. The maximum Gasteiger partial charge on any atom is 0.153 e. The number of aromatic amines is 1. The molecule has 3 nitrogen and oxygen atoms in total. The Balaban J connectivity index is 2.21. The highest BCUT2D eigenvalue weighted by atomic mass is 15.2. The van der Waals surface area contributed by atoms with Gasteiger partial charge in [0.05, 0.1) is 11.3 Å². The van der Waals surface area contributed by atoms with Gasteiger partial charge in [-0.1, -0.05) is 47.5 Å². The SMILES string of the molecule is Cc1ccc(-c2c(N)n[nH]c2-c2cc(C)ccc2C)cc1. The standard InChI is InChI=1S/C18H19N3/c1-11-5-8-14(9-6-11)16-17(20-21-18(16)19)15-10-12(2)4-7-13(15)3/h4-10H,1-3H3,(H3,19,20,21). The molecule has 3 heteroatoms. The molecule has 0 spiro atoms. The van der Waals surface area contributed by atoms with Crippen LogP contribution >= 0.6 is 0 Å². The molecule has 0 saturated carbocycles. The summed E-state index contributed by atoms with van der Waals surface area (Å²) in [5, 5.41) is 7.31. The number of anilines is 1. The van der Waals surface area contributed by atoms with E-state index >= 15 is 0 Å². The van der Waals surface area contributed by atoms with Crippen LogP contribution in [0.2, 0.25) is 0 Å². The number of H-pyrrole nitrogens is 1. The molecular weight excluding hydrogens is 258 g/mol. The molecule has 106 valence electrons. The lowest BCUT2D eigenvalue weighted by molar-refractivity contribution is 1.10. The fourth-order valence-electron chi connectivity index (χ4n) is 2.57. The highest BCUT2D eigenvalue weighted by molar-refractivity contribution is 5.88. The molecule has 21 heavy (non-hydrogen) atoms. The third-order valence-electron chi connectivity index (χ3n) is 3.80. The first kappa shape index (κ1) is 13.4. The average Bonchev–Trinajstić information content (AvgIpc) is 2.84. The maximum absolute atomic E-state index is 6.09. The van der Waals surface area contributed by atoms with Gasteiger partial charge in [-0.15, -0.1) is 0 Å². The zero-order chi connectivity index (χ0) is 15.0. The first-order chi connectivity index (χ1) is 10.1. The number of nitrogen functional groups attached to an aromatic ring is 1. The number of benzene rings is 2. The Morgan fingerprint density at radius 2 is 1.57 bits per heavy atom. The summed E-state index contributed by atoms with van der Waals surface area (Å²) in [6, 6.07) is 14.8. The molecule has 3 N–H and O–H groups in total. The van der Waals surface area contributed by atoms with E-state index in [-0.39, 0.29) is 0 Å². The minimum Gasteiger partial charge on any atom is -0.382 e. The number of hydrogen-bond acceptors (Lipinski definition) is 2. The van der Waals surface area contributed by atoms with Crippen molar-refractivity contribution in [1.82, 2.24) is 10.2 Å². The zero-order valence-electron chi connectivity index (χ0n) is 12.6. The number of aryl methyl sites for hydroxylation is 3. The summed E-state index contributed by atoms with van der Waals surface area (Å²) in [4.78, 5) is 0. The minimum absolute atomic E-state index is 0.537. The van der Waals surface area contributed by atoms with E-state index in [2.05, 4.69) is 73.4 Å². The van der Waals surface area contributed by atoms with Gasteiger partial charge in [0.2, 0.25) is 0 Å². The lowest BCUT2D eigenvalue weighted by Crippen LogP contribution is -1.90. The van der Waals surface area contributed by atoms with Crippen molar-refractivity contribution in [2.24, 2.45) is 0 Å². The number of nitrogens with one attached hydrogen (secondary N) is 1. The molecule has 3 rings (SSSR count). The third-order valence-corrected chi connectivity index (χ3v) is 3.80. The van der Waals surface area contributed by atoms with E-state index < -0.39 is 0 Å². The van der Waals surface area contributed by atoms with E-state index in [0.29, 0.717) is 5.82 Å². The number of nitrogens with zero attached hydrogens (tertiary/aromatic N) is 1. The fraction of sp³-hybridized carbons (Fsp3) is 0.167. The highest BCUT2D eigenvalue weighted by Crippen LogP contribution is 2.36. The molecule has 0 aliphatic carbocycles. The van der Waals surface area contributed by atoms with E-state index in [1.807, 2.05) is 0 Å². The summed E-state index contributed by atoms with van der Waals surface area (Å²) in [7, 11) is 0. The van der Waals surface area contributed by atoms with Crippen molar-refractivity contribution in [3.05, 3.63) is 59.2 Å². The third kappa shape index (κ3) is 2.42. The second kappa shape index (κ2) is 5.09. The van der Waals surface area contributed by atoms with Gasteiger partial charge in [-0.25, -0.2) is 0 Å². The molecule has 3 aromatic rings. The van der Waals surface area contributed by atoms with Crippen LogP contribution in [0, 0.1) is 20.8 Å². The predicted molar refractivity (Wildman–Crippen MR) is 88.1 cm³/mol. The van der Waals surface area contributed by atoms with Crippen LogP contribution in [0.1, 0.15) is 16.7 Å². The quantitative estimate of drug-likeness (QED) is 0.735. The van der Waals surface area contributed by atoms with Crippen molar-refractivity contribution < 1.29 is 0 Å². The average molecular weight is 277 g/mol. The van der Waals surface area contributed by atoms with E-state index in [1.165, 1.54) is 16.7 Å². The topological polar surface area (TPSA) is 54.7 Å². The number of aromatic nitrogens is 2. The van der Waals surface area contributed by atoms with Crippen LogP contribution in [0.3, 0.4) is 0 Å². The highest BCUT2D eigenvalue weighted by Gasteiger charge is 2.16. The molecule has 0 unspecified atom stereocenters. The second-order valence-corrected chi connectivity index (χ2v) is 5.54. The number of nitrogens with two attached hydrogens (primary N) is 1. The van der Waals surface area contributed by atoms with Crippen molar-refractivity contribution in [2.75, 3.05) is 5.73 Å². The van der Waals surface area contributed by atoms with Gasteiger partial charge in [0, 0.05) is 5.56 Å². The van der Waals surface area contributed by atoms with Crippen molar-refractivity contribution in [3.63, 3.8) is 0 Å². The molecule has 1 aromatic heterocycles. The normalized spacial score (nSPS) is 10.8. The van der Waals surface area contributed by atoms with Crippen molar-refractivity contribution in [1.29, 1.82) is 0 Å². The molecule has 0 saturated heterocycles. The smallest absolute Gasteiger partial charge is 0.153 e. The van der Waals surface area contributed by atoms with Crippen molar-refractivity contribution >= 4 is 5.82 Å². The van der Waals surface area contributed by atoms with Crippen molar-refractivity contribution in [3.8, 4) is 22.4 Å². The van der Waals surface area contributed by atoms with Crippen LogP contribution < -0.4 is 5.73 Å². The Kier molecular flexibility index (Phi) is 3.26. The summed E-state index contributed by atoms with van der Waals surface area (Å²) in [6.45, 7) is 6.27. The first-order valence-corrected chi connectivity index (χ1v) is 7.05. The van der Waals surface area contributed by atoms with E-state index in [1.54, 1.807) is 0 Å². The molecule has 2 aromatic carbocycles. The molecule has 0 aliphatic rings. The van der Waals surface area contributed by atoms with Gasteiger partial charge in [-0.3, -0.25) is 5.10 Å². The Morgan fingerprint density at radius 3 is 2.29 bits per heavy atom. The van der Waals surface area contributed by atoms with Crippen LogP contribution in [0.5, 0.6) is 0 Å². The van der Waals surface area contributed by atoms with E-state index in [0.717, 1.165) is 22.4 Å². The van der Waals surface area contributed by atoms with Gasteiger partial charge in [-0.2, -0.15) is 5.10 Å². The number of hydrogen-bond donors (Lipinski definition) is 2. The summed E-state index contributed by atoms with van der Waals surface area (Å²) >= 11 is 0. The van der Waals surface area contributed by atoms with Gasteiger partial charge in [0.1, 0.15) is 0 Å². The monoisotopic (exact) mass is 277 g/mol. The van der Waals surface area contributed by atoms with Gasteiger partial charge in [0.15, 0.2) is 5.82 Å². The summed E-state index contributed by atoms with van der Waals surface area (Å²) < 4.78 is 0. The van der Waals surface area contributed by atoms with Crippen LogP contribution in [0.15, 0.2) is 42.5 Å². The molecule has 0 aliphatic heterocycles. The van der Waals surface area contributed by atoms with Crippen LogP contribution in [-0.2, 0) is 0 Å². The molecule has 1 heterocycles. The minimum atomic E-state index is 0.537. The molecule has 0 fully saturated rings. The lowest BCUT2D eigenvalue weighted by Gasteiger charge is -2.09. The Morgan fingerprint density at radius 1 is 0.905 bits per heavy atom. The van der Waals surface area contributed by atoms with Crippen molar-refractivity contribution in [2.45, 2.75) is 20.8 Å². The lowest BCUT2D eigenvalue weighted by atomic mass is 9.96. The summed E-state index contributed by atoms with van der Waals surface area (Å²) in [5.41, 5.74) is 13.9. The van der Waals surface area contributed by atoms with Gasteiger partial charge < -0.3 is 5.73 Å². The number of rotatable bonds is 2. The Hall–Kier alpha value is -2.55. The Bertz CT molecular complexity index is 783. The van der Waals surface area contributed by atoms with Crippen LogP contribution in [0.4, 0.5) is 5.82 Å². The van der Waals surface area contributed by atoms with E-state index in [4.69, 9.17) is 5.73 Å². The van der Waals surface area contributed by atoms with Gasteiger partial charge in [-0.05, 0) is 38.0 Å². The predicted octanol–water partition coefficient (Wildman–Crippen LogP) is 4.25. The molecular formula is C18H19N3. The van der Waals surface area contributed by atoms with Gasteiger partial charge in [0.25, 0.3) is 0 Å². The summed E-state index contributed by atoms with van der Waals surface area (Å²) in [6.07, 6.45) is 0. The summed E-state index contributed by atoms with van der Waals surface area (Å²) in [5.74, 6) is 0.537. The Labute approximate surface area is 124 Å². The first-order valence-electron chi connectivity index (χ1n) is 7.05. The van der Waals surface area contributed by atoms with Gasteiger partial charge >= 0.3 is 0 Å². The molecule has 0 bridgehead atoms. The zero-order valence-corrected chi connectivity index (χ0v) is 12.6.